The van der Waals surface area contributed by atoms with E-state index >= 15 is 0 Å². The summed E-state index contributed by atoms with van der Waals surface area (Å²) in [5, 5.41) is 7.51. The fourth-order valence-corrected chi connectivity index (χ4v) is 4.43. The molecule has 0 saturated carbocycles. The maximum atomic E-state index is 13.3. The molecule has 5 rings (SSSR count). The highest BCUT2D eigenvalue weighted by Crippen LogP contribution is 2.26. The standard InChI is InChI=1S/C20H16ClFN6O3S/c21-13-10-12(3-4-14(13)22)23-19(30)27-7-5-26(6-8-27)16-11-17(29)28-20(24-16)32-18(25-28)15-2-1-9-31-15/h1-4,9-11H,5-8H2,(H,23,30). The zero-order chi connectivity index (χ0) is 22.2. The van der Waals surface area contributed by atoms with Gasteiger partial charge < -0.3 is 19.5 Å². The molecular formula is C20H16ClFN6O3S. The van der Waals surface area contributed by atoms with Crippen molar-refractivity contribution in [1.29, 1.82) is 0 Å². The molecule has 1 aromatic carbocycles. The van der Waals surface area contributed by atoms with E-state index in [2.05, 4.69) is 15.4 Å². The van der Waals surface area contributed by atoms with Gasteiger partial charge in [-0.2, -0.15) is 4.52 Å². The van der Waals surface area contributed by atoms with Gasteiger partial charge in [-0.25, -0.2) is 14.2 Å². The van der Waals surface area contributed by atoms with Crippen molar-refractivity contribution in [3.8, 4) is 10.8 Å². The summed E-state index contributed by atoms with van der Waals surface area (Å²) in [5.74, 6) is 0.564. The Morgan fingerprint density at radius 1 is 1.19 bits per heavy atom. The second kappa shape index (κ2) is 8.24. The summed E-state index contributed by atoms with van der Waals surface area (Å²) in [4.78, 5) is 33.7. The number of benzene rings is 1. The van der Waals surface area contributed by atoms with E-state index in [0.29, 0.717) is 53.4 Å². The lowest BCUT2D eigenvalue weighted by Crippen LogP contribution is -2.50. The predicted molar refractivity (Wildman–Crippen MR) is 119 cm³/mol. The molecule has 12 heteroatoms. The van der Waals surface area contributed by atoms with E-state index in [1.54, 1.807) is 23.3 Å². The van der Waals surface area contributed by atoms with Crippen LogP contribution in [-0.2, 0) is 0 Å². The Bertz CT molecular complexity index is 1350. The van der Waals surface area contributed by atoms with Gasteiger partial charge in [0.1, 0.15) is 11.6 Å². The Morgan fingerprint density at radius 3 is 2.72 bits per heavy atom. The second-order valence-electron chi connectivity index (χ2n) is 7.06. The minimum atomic E-state index is -0.545. The molecule has 9 nitrogen and oxygen atoms in total. The van der Waals surface area contributed by atoms with Crippen LogP contribution >= 0.6 is 22.9 Å². The third kappa shape index (κ3) is 3.92. The molecule has 164 valence electrons. The van der Waals surface area contributed by atoms with E-state index in [9.17, 15) is 14.0 Å². The van der Waals surface area contributed by atoms with E-state index in [4.69, 9.17) is 16.0 Å². The SMILES string of the molecule is O=C(Nc1ccc(F)c(Cl)c1)N1CCN(c2cc(=O)n3nc(-c4ccco4)sc3n2)CC1. The van der Waals surface area contributed by atoms with E-state index in [-0.39, 0.29) is 16.6 Å². The van der Waals surface area contributed by atoms with Gasteiger partial charge in [0.05, 0.1) is 11.3 Å². The number of halogens is 2. The number of aromatic nitrogens is 3. The summed E-state index contributed by atoms with van der Waals surface area (Å²) in [6, 6.07) is 8.68. The second-order valence-corrected chi connectivity index (χ2v) is 8.43. The topological polar surface area (TPSA) is 96.0 Å². The first-order chi connectivity index (χ1) is 15.5. The van der Waals surface area contributed by atoms with E-state index in [1.807, 2.05) is 4.90 Å². The lowest BCUT2D eigenvalue weighted by atomic mass is 10.3. The van der Waals surface area contributed by atoms with Crippen LogP contribution in [0.15, 0.2) is 51.9 Å². The van der Waals surface area contributed by atoms with Crippen LogP contribution in [0.1, 0.15) is 0 Å². The fourth-order valence-electron chi connectivity index (χ4n) is 3.38. The quantitative estimate of drug-likeness (QED) is 0.488. The Balaban J connectivity index is 1.28. The summed E-state index contributed by atoms with van der Waals surface area (Å²) in [6.45, 7) is 1.87. The molecule has 1 aliphatic rings. The molecule has 0 spiro atoms. The number of amides is 2. The van der Waals surface area contributed by atoms with Gasteiger partial charge in [-0.05, 0) is 30.3 Å². The number of fused-ring (bicyclic) bond motifs is 1. The molecule has 1 fully saturated rings. The number of hydrogen-bond acceptors (Lipinski definition) is 7. The number of carbonyl (C=O) groups is 1. The highest BCUT2D eigenvalue weighted by Gasteiger charge is 2.23. The number of anilines is 2. The predicted octanol–water partition coefficient (Wildman–Crippen LogP) is 3.56. The van der Waals surface area contributed by atoms with Gasteiger partial charge >= 0.3 is 6.03 Å². The van der Waals surface area contributed by atoms with Crippen LogP contribution in [0.3, 0.4) is 0 Å². The minimum absolute atomic E-state index is 0.0568. The molecule has 0 atom stereocenters. The normalized spacial score (nSPS) is 14.2. The maximum Gasteiger partial charge on any atom is 0.321 e. The monoisotopic (exact) mass is 474 g/mol. The van der Waals surface area contributed by atoms with Crippen molar-refractivity contribution in [2.24, 2.45) is 0 Å². The van der Waals surface area contributed by atoms with E-state index in [0.717, 1.165) is 0 Å². The zero-order valence-electron chi connectivity index (χ0n) is 16.5. The smallest absolute Gasteiger partial charge is 0.321 e. The van der Waals surface area contributed by atoms with E-state index < -0.39 is 5.82 Å². The molecule has 32 heavy (non-hydrogen) atoms. The van der Waals surface area contributed by atoms with Crippen molar-refractivity contribution in [1.82, 2.24) is 19.5 Å². The van der Waals surface area contributed by atoms with Gasteiger partial charge in [0.2, 0.25) is 4.96 Å². The molecule has 2 amide bonds. The Hall–Kier alpha value is -3.44. The molecule has 3 aromatic heterocycles. The minimum Gasteiger partial charge on any atom is -0.462 e. The molecule has 1 saturated heterocycles. The molecular weight excluding hydrogens is 459 g/mol. The van der Waals surface area contributed by atoms with Gasteiger partial charge in [0.15, 0.2) is 10.8 Å². The first-order valence-electron chi connectivity index (χ1n) is 9.69. The Labute approximate surface area is 189 Å². The van der Waals surface area contributed by atoms with Crippen LogP contribution in [0.25, 0.3) is 15.7 Å². The van der Waals surface area contributed by atoms with E-state index in [1.165, 1.54) is 40.1 Å². The zero-order valence-corrected chi connectivity index (χ0v) is 18.1. The first-order valence-corrected chi connectivity index (χ1v) is 10.9. The van der Waals surface area contributed by atoms with Crippen LogP contribution in [0.5, 0.6) is 0 Å². The number of furan rings is 1. The van der Waals surface area contributed by atoms with Crippen molar-refractivity contribution in [3.63, 3.8) is 0 Å². The molecule has 4 aromatic rings. The highest BCUT2D eigenvalue weighted by molar-refractivity contribution is 7.19. The largest absolute Gasteiger partial charge is 0.462 e. The number of piperazine rings is 1. The summed E-state index contributed by atoms with van der Waals surface area (Å²) in [7, 11) is 0. The molecule has 4 heterocycles. The molecule has 0 bridgehead atoms. The van der Waals surface area contributed by atoms with Crippen molar-refractivity contribution in [2.45, 2.75) is 0 Å². The lowest BCUT2D eigenvalue weighted by molar-refractivity contribution is 0.208. The maximum absolute atomic E-state index is 13.3. The number of rotatable bonds is 3. The highest BCUT2D eigenvalue weighted by atomic mass is 35.5. The third-order valence-corrected chi connectivity index (χ3v) is 6.24. The van der Waals surface area contributed by atoms with Crippen LogP contribution in [-0.4, -0.2) is 51.7 Å². The number of urea groups is 1. The Morgan fingerprint density at radius 2 is 2.00 bits per heavy atom. The number of nitrogens with one attached hydrogen (secondary N) is 1. The number of nitrogens with zero attached hydrogens (tertiary/aromatic N) is 5. The molecule has 1 N–H and O–H groups in total. The van der Waals surface area contributed by atoms with Crippen molar-refractivity contribution >= 4 is 45.4 Å². The van der Waals surface area contributed by atoms with Crippen LogP contribution < -0.4 is 15.8 Å². The summed E-state index contributed by atoms with van der Waals surface area (Å²) >= 11 is 7.03. The van der Waals surface area contributed by atoms with Gasteiger partial charge in [0.25, 0.3) is 5.56 Å². The van der Waals surface area contributed by atoms with Gasteiger partial charge in [-0.1, -0.05) is 22.9 Å². The molecule has 0 radical (unpaired) electrons. The number of hydrogen-bond donors (Lipinski definition) is 1. The van der Waals surface area contributed by atoms with Crippen LogP contribution in [0.4, 0.5) is 20.7 Å². The van der Waals surface area contributed by atoms with Crippen molar-refractivity contribution in [3.05, 3.63) is 63.9 Å². The van der Waals surface area contributed by atoms with Gasteiger partial charge in [0, 0.05) is 37.9 Å². The molecule has 0 aliphatic carbocycles. The average molecular weight is 475 g/mol. The average Bonchev–Trinajstić information content (AvgIpc) is 3.46. The van der Waals surface area contributed by atoms with Crippen LogP contribution in [0, 0.1) is 5.82 Å². The van der Waals surface area contributed by atoms with Crippen molar-refractivity contribution in [2.75, 3.05) is 36.4 Å². The summed E-state index contributed by atoms with van der Waals surface area (Å²) in [5.41, 5.74) is 0.133. The van der Waals surface area contributed by atoms with Gasteiger partial charge in [-0.3, -0.25) is 4.79 Å². The summed E-state index contributed by atoms with van der Waals surface area (Å²) in [6.07, 6.45) is 1.54. The third-order valence-electron chi connectivity index (χ3n) is 5.03. The molecule has 0 unspecified atom stereocenters. The van der Waals surface area contributed by atoms with Crippen LogP contribution in [0.2, 0.25) is 5.02 Å². The first kappa shape index (κ1) is 20.5. The fraction of sp³-hybridized carbons (Fsp3) is 0.200. The molecule has 1 aliphatic heterocycles. The van der Waals surface area contributed by atoms with Gasteiger partial charge in [-0.15, -0.1) is 5.10 Å². The summed E-state index contributed by atoms with van der Waals surface area (Å²) < 4.78 is 19.9. The lowest BCUT2D eigenvalue weighted by Gasteiger charge is -2.35. The Kier molecular flexibility index (Phi) is 5.27. The van der Waals surface area contributed by atoms with Crippen molar-refractivity contribution < 1.29 is 13.6 Å². The number of carbonyl (C=O) groups excluding carboxylic acids is 1.